The number of aromatic nitrogens is 2. The van der Waals surface area contributed by atoms with Gasteiger partial charge in [-0.2, -0.15) is 4.98 Å². The number of ether oxygens (including phenoxy) is 1. The number of hydrogen-bond acceptors (Lipinski definition) is 5. The van der Waals surface area contributed by atoms with Crippen LogP contribution in [-0.4, -0.2) is 22.8 Å². The van der Waals surface area contributed by atoms with E-state index in [4.69, 9.17) is 9.26 Å². The fourth-order valence-electron chi connectivity index (χ4n) is 2.88. The maximum Gasteiger partial charge on any atom is 0.321 e. The predicted octanol–water partition coefficient (Wildman–Crippen LogP) is 3.23. The summed E-state index contributed by atoms with van der Waals surface area (Å²) in [6.45, 7) is 2.73. The molecule has 2 aliphatic carbocycles. The molecular weight excluding hydrogens is 242 g/mol. The van der Waals surface area contributed by atoms with Gasteiger partial charge in [0, 0.05) is 12.6 Å². The van der Waals surface area contributed by atoms with Gasteiger partial charge in [-0.1, -0.05) is 30.8 Å². The van der Waals surface area contributed by atoms with Crippen LogP contribution in [0.2, 0.25) is 0 Å². The van der Waals surface area contributed by atoms with Crippen LogP contribution in [0.1, 0.15) is 64.1 Å². The normalized spacial score (nSPS) is 23.0. The van der Waals surface area contributed by atoms with Crippen LogP contribution in [0.3, 0.4) is 0 Å². The zero-order valence-corrected chi connectivity index (χ0v) is 11.7. The molecule has 1 N–H and O–H groups in total. The first-order chi connectivity index (χ1) is 9.32. The molecule has 0 unspecified atom stereocenters. The van der Waals surface area contributed by atoms with Gasteiger partial charge in [-0.3, -0.25) is 0 Å². The molecule has 0 aromatic carbocycles. The van der Waals surface area contributed by atoms with E-state index < -0.39 is 0 Å². The van der Waals surface area contributed by atoms with Crippen molar-refractivity contribution in [3.63, 3.8) is 0 Å². The fraction of sp³-hybridized carbons (Fsp3) is 0.857. The summed E-state index contributed by atoms with van der Waals surface area (Å²) in [5.41, 5.74) is -0.321. The Kier molecular flexibility index (Phi) is 3.73. The Balaban J connectivity index is 1.78. The second-order valence-electron chi connectivity index (χ2n) is 5.68. The van der Waals surface area contributed by atoms with Crippen molar-refractivity contribution in [3.8, 4) is 0 Å². The van der Waals surface area contributed by atoms with Crippen LogP contribution in [0.5, 0.6) is 0 Å². The van der Waals surface area contributed by atoms with E-state index in [1.165, 1.54) is 38.5 Å². The highest BCUT2D eigenvalue weighted by atomic mass is 16.5. The summed E-state index contributed by atoms with van der Waals surface area (Å²) in [6, 6.07) is 1.09. The Morgan fingerprint density at radius 2 is 2.00 bits per heavy atom. The van der Waals surface area contributed by atoms with Crippen molar-refractivity contribution in [2.45, 2.75) is 69.9 Å². The third-order valence-electron chi connectivity index (χ3n) is 4.07. The van der Waals surface area contributed by atoms with E-state index in [9.17, 15) is 0 Å². The molecule has 19 heavy (non-hydrogen) atoms. The number of hydrogen-bond donors (Lipinski definition) is 1. The summed E-state index contributed by atoms with van der Waals surface area (Å²) >= 11 is 0. The molecule has 0 atom stereocenters. The van der Waals surface area contributed by atoms with Gasteiger partial charge in [-0.05, 0) is 32.6 Å². The van der Waals surface area contributed by atoms with Crippen LogP contribution in [0.25, 0.3) is 0 Å². The second-order valence-corrected chi connectivity index (χ2v) is 5.68. The molecule has 3 rings (SSSR count). The van der Waals surface area contributed by atoms with E-state index in [1.54, 1.807) is 0 Å². The third-order valence-corrected chi connectivity index (χ3v) is 4.07. The van der Waals surface area contributed by atoms with Gasteiger partial charge in [0.2, 0.25) is 5.82 Å². The van der Waals surface area contributed by atoms with Gasteiger partial charge in [-0.15, -0.1) is 0 Å². The van der Waals surface area contributed by atoms with E-state index in [-0.39, 0.29) is 5.60 Å². The highest BCUT2D eigenvalue weighted by Crippen LogP contribution is 2.38. The van der Waals surface area contributed by atoms with Gasteiger partial charge in [0.15, 0.2) is 0 Å². The number of anilines is 1. The lowest BCUT2D eigenvalue weighted by Crippen LogP contribution is -2.30. The van der Waals surface area contributed by atoms with E-state index in [0.29, 0.717) is 18.7 Å². The van der Waals surface area contributed by atoms with Gasteiger partial charge in [0.05, 0.1) is 0 Å². The molecule has 1 heterocycles. The molecule has 5 heteroatoms. The molecule has 2 aliphatic rings. The lowest BCUT2D eigenvalue weighted by Gasteiger charge is -2.29. The third kappa shape index (κ3) is 2.91. The molecular formula is C14H23N3O2. The summed E-state index contributed by atoms with van der Waals surface area (Å²) in [5, 5.41) is 7.43. The molecule has 0 radical (unpaired) electrons. The van der Waals surface area contributed by atoms with Crippen LogP contribution in [0.15, 0.2) is 4.52 Å². The van der Waals surface area contributed by atoms with E-state index in [1.807, 2.05) is 6.92 Å². The summed E-state index contributed by atoms with van der Waals surface area (Å²) in [5.74, 6) is 0.736. The Bertz CT molecular complexity index is 407. The highest BCUT2D eigenvalue weighted by Gasteiger charge is 2.38. The quantitative estimate of drug-likeness (QED) is 0.828. The molecule has 1 aromatic rings. The summed E-state index contributed by atoms with van der Waals surface area (Å²) in [7, 11) is 0. The fourth-order valence-corrected chi connectivity index (χ4v) is 2.88. The maximum atomic E-state index is 6.06. The van der Waals surface area contributed by atoms with Crippen LogP contribution in [0, 0.1) is 0 Å². The summed E-state index contributed by atoms with van der Waals surface area (Å²) in [6.07, 6.45) is 9.33. The van der Waals surface area contributed by atoms with E-state index >= 15 is 0 Å². The molecule has 106 valence electrons. The van der Waals surface area contributed by atoms with Gasteiger partial charge in [-0.25, -0.2) is 0 Å². The zero-order valence-electron chi connectivity index (χ0n) is 11.7. The predicted molar refractivity (Wildman–Crippen MR) is 71.9 cm³/mol. The van der Waals surface area contributed by atoms with Crippen LogP contribution >= 0.6 is 0 Å². The molecule has 0 spiro atoms. The topological polar surface area (TPSA) is 60.2 Å². The molecule has 0 aliphatic heterocycles. The van der Waals surface area contributed by atoms with E-state index in [0.717, 1.165) is 18.7 Å². The van der Waals surface area contributed by atoms with Crippen molar-refractivity contribution in [1.82, 2.24) is 10.1 Å². The Labute approximate surface area is 114 Å². The molecule has 0 bridgehead atoms. The van der Waals surface area contributed by atoms with Crippen LogP contribution < -0.4 is 5.32 Å². The summed E-state index contributed by atoms with van der Waals surface area (Å²) < 4.78 is 11.4. The number of rotatable bonds is 5. The highest BCUT2D eigenvalue weighted by molar-refractivity contribution is 5.24. The van der Waals surface area contributed by atoms with Crippen molar-refractivity contribution in [2.24, 2.45) is 0 Å². The molecule has 1 aromatic heterocycles. The SMILES string of the molecule is CCOC1(c2noc(NC3CC3)n2)CCCCCC1. The zero-order chi connectivity index (χ0) is 13.1. The second kappa shape index (κ2) is 5.49. The van der Waals surface area contributed by atoms with Crippen molar-refractivity contribution in [2.75, 3.05) is 11.9 Å². The standard InChI is InChI=1S/C14H23N3O2/c1-2-18-14(9-5-3-4-6-10-14)12-16-13(19-17-12)15-11-7-8-11/h11H,2-10H2,1H3,(H,15,16,17). The van der Waals surface area contributed by atoms with Crippen molar-refractivity contribution < 1.29 is 9.26 Å². The van der Waals surface area contributed by atoms with Gasteiger partial charge >= 0.3 is 6.01 Å². The lowest BCUT2D eigenvalue weighted by molar-refractivity contribution is -0.0636. The van der Waals surface area contributed by atoms with Gasteiger partial charge in [0.25, 0.3) is 0 Å². The summed E-state index contributed by atoms with van der Waals surface area (Å²) in [4.78, 5) is 4.53. The van der Waals surface area contributed by atoms with E-state index in [2.05, 4.69) is 15.5 Å². The van der Waals surface area contributed by atoms with Crippen molar-refractivity contribution >= 4 is 6.01 Å². The molecule has 0 saturated heterocycles. The lowest BCUT2D eigenvalue weighted by atomic mass is 9.93. The largest absolute Gasteiger partial charge is 0.367 e. The molecule has 2 fully saturated rings. The maximum absolute atomic E-state index is 6.06. The minimum absolute atomic E-state index is 0.321. The first-order valence-electron chi connectivity index (χ1n) is 7.57. The number of nitrogens with zero attached hydrogens (tertiary/aromatic N) is 2. The minimum atomic E-state index is -0.321. The Morgan fingerprint density at radius 3 is 2.63 bits per heavy atom. The van der Waals surface area contributed by atoms with Gasteiger partial charge < -0.3 is 14.6 Å². The van der Waals surface area contributed by atoms with Crippen molar-refractivity contribution in [3.05, 3.63) is 5.82 Å². The van der Waals surface area contributed by atoms with Crippen LogP contribution in [-0.2, 0) is 10.3 Å². The number of nitrogens with one attached hydrogen (secondary N) is 1. The Hall–Kier alpha value is -1.10. The Morgan fingerprint density at radius 1 is 1.26 bits per heavy atom. The molecule has 5 nitrogen and oxygen atoms in total. The average molecular weight is 265 g/mol. The molecule has 0 amide bonds. The first kappa shape index (κ1) is 12.9. The first-order valence-corrected chi connectivity index (χ1v) is 7.57. The smallest absolute Gasteiger partial charge is 0.321 e. The van der Waals surface area contributed by atoms with Gasteiger partial charge in [0.1, 0.15) is 5.60 Å². The minimum Gasteiger partial charge on any atom is -0.367 e. The monoisotopic (exact) mass is 265 g/mol. The average Bonchev–Trinajstić information content (AvgIpc) is 3.14. The van der Waals surface area contributed by atoms with Crippen LogP contribution in [0.4, 0.5) is 6.01 Å². The van der Waals surface area contributed by atoms with Crippen molar-refractivity contribution in [1.29, 1.82) is 0 Å². The molecule has 2 saturated carbocycles.